The number of aryl methyl sites for hydroxylation is 2. The van der Waals surface area contributed by atoms with Crippen molar-refractivity contribution >= 4 is 21.5 Å². The first-order valence-electron chi connectivity index (χ1n) is 8.27. The Morgan fingerprint density at radius 3 is 2.85 bits per heavy atom. The molecule has 0 fully saturated rings. The zero-order valence-electron chi connectivity index (χ0n) is 14.6. The van der Waals surface area contributed by atoms with Crippen LogP contribution in [0.1, 0.15) is 35.0 Å². The molecule has 0 aliphatic carbocycles. The molecule has 8 heteroatoms. The molecule has 0 saturated carbocycles. The number of carbonyl (C=O) groups excluding carboxylic acids is 1. The molecule has 2 aromatic heterocycles. The molecule has 136 valence electrons. The van der Waals surface area contributed by atoms with Crippen LogP contribution in [0.25, 0.3) is 5.65 Å². The molecule has 0 amide bonds. The van der Waals surface area contributed by atoms with E-state index in [2.05, 4.69) is 14.8 Å². The Bertz CT molecular complexity index is 1060. The van der Waals surface area contributed by atoms with Crippen molar-refractivity contribution in [3.8, 4) is 0 Å². The quantitative estimate of drug-likeness (QED) is 0.507. The molecule has 0 spiro atoms. The van der Waals surface area contributed by atoms with Crippen LogP contribution in [-0.4, -0.2) is 35.3 Å². The molecule has 3 rings (SSSR count). The summed E-state index contributed by atoms with van der Waals surface area (Å²) in [5, 5.41) is 4.32. The van der Waals surface area contributed by atoms with E-state index in [1.54, 1.807) is 22.8 Å². The third-order valence-corrected chi connectivity index (χ3v) is 5.43. The fourth-order valence-electron chi connectivity index (χ4n) is 2.63. The summed E-state index contributed by atoms with van der Waals surface area (Å²) in [7, 11) is -3.64. The van der Waals surface area contributed by atoms with Crippen LogP contribution in [-0.2, 0) is 16.4 Å². The lowest BCUT2D eigenvalue weighted by Crippen LogP contribution is -2.25. The summed E-state index contributed by atoms with van der Waals surface area (Å²) in [6, 6.07) is 7.93. The maximum absolute atomic E-state index is 12.3. The topological polar surface area (TPSA) is 93.4 Å². The lowest BCUT2D eigenvalue weighted by Gasteiger charge is -2.08. The van der Waals surface area contributed by atoms with Gasteiger partial charge in [-0.05, 0) is 44.4 Å². The van der Waals surface area contributed by atoms with Gasteiger partial charge in [-0.1, -0.05) is 12.1 Å². The van der Waals surface area contributed by atoms with Crippen molar-refractivity contribution < 1.29 is 13.2 Å². The van der Waals surface area contributed by atoms with E-state index >= 15 is 0 Å². The van der Waals surface area contributed by atoms with Crippen LogP contribution in [0.5, 0.6) is 0 Å². The average Bonchev–Trinajstić information content (AvgIpc) is 2.98. The molecule has 0 aliphatic heterocycles. The second-order valence-corrected chi connectivity index (χ2v) is 7.90. The van der Waals surface area contributed by atoms with Crippen molar-refractivity contribution in [3.05, 3.63) is 59.5 Å². The fourth-order valence-corrected chi connectivity index (χ4v) is 3.75. The van der Waals surface area contributed by atoms with E-state index in [9.17, 15) is 13.2 Å². The Hall–Kier alpha value is -2.58. The number of sulfonamides is 1. The minimum atomic E-state index is -3.64. The summed E-state index contributed by atoms with van der Waals surface area (Å²) in [6.45, 7) is 3.61. The van der Waals surface area contributed by atoms with Crippen LogP contribution >= 0.6 is 0 Å². The molecule has 7 nitrogen and oxygen atoms in total. The molecule has 0 aliphatic rings. The molecule has 26 heavy (non-hydrogen) atoms. The molecule has 0 bridgehead atoms. The summed E-state index contributed by atoms with van der Waals surface area (Å²) in [4.78, 5) is 15.8. The number of rotatable bonds is 7. The zero-order valence-corrected chi connectivity index (χ0v) is 15.5. The number of nitrogens with zero attached hydrogens (tertiary/aromatic N) is 3. The summed E-state index contributed by atoms with van der Waals surface area (Å²) in [5.41, 5.74) is 3.05. The number of Topliss-reactive ketones (excluding diaryl/α,β-unsaturated/α-hetero) is 1. The fraction of sp³-hybridized carbons (Fsp3) is 0.278. The highest BCUT2D eigenvalue weighted by Crippen LogP contribution is 2.12. The van der Waals surface area contributed by atoms with Crippen LogP contribution in [0.15, 0.2) is 47.6 Å². The molecular weight excluding hydrogens is 352 g/mol. The predicted molar refractivity (Wildman–Crippen MR) is 97.7 cm³/mol. The van der Waals surface area contributed by atoms with Gasteiger partial charge in [-0.25, -0.2) is 22.6 Å². The Kier molecular flexibility index (Phi) is 5.15. The summed E-state index contributed by atoms with van der Waals surface area (Å²) >= 11 is 0. The Morgan fingerprint density at radius 1 is 1.27 bits per heavy atom. The summed E-state index contributed by atoms with van der Waals surface area (Å²) < 4.78 is 29.0. The number of hydrogen-bond donors (Lipinski definition) is 1. The molecule has 3 aromatic rings. The third-order valence-electron chi connectivity index (χ3n) is 3.97. The second kappa shape index (κ2) is 7.35. The van der Waals surface area contributed by atoms with Gasteiger partial charge in [-0.2, -0.15) is 5.10 Å². The summed E-state index contributed by atoms with van der Waals surface area (Å²) in [5.74, 6) is -0.168. The number of benzene rings is 1. The molecule has 1 N–H and O–H groups in total. The van der Waals surface area contributed by atoms with Crippen molar-refractivity contribution in [1.82, 2.24) is 19.3 Å². The lowest BCUT2D eigenvalue weighted by molar-refractivity contribution is 0.101. The highest BCUT2D eigenvalue weighted by atomic mass is 32.2. The van der Waals surface area contributed by atoms with Crippen molar-refractivity contribution in [1.29, 1.82) is 0 Å². The first-order valence-corrected chi connectivity index (χ1v) is 9.75. The van der Waals surface area contributed by atoms with E-state index in [1.165, 1.54) is 19.1 Å². The van der Waals surface area contributed by atoms with Crippen molar-refractivity contribution in [3.63, 3.8) is 0 Å². The Morgan fingerprint density at radius 2 is 2.08 bits per heavy atom. The van der Waals surface area contributed by atoms with Gasteiger partial charge in [0.1, 0.15) is 0 Å². The van der Waals surface area contributed by atoms with E-state index in [1.807, 2.05) is 19.2 Å². The van der Waals surface area contributed by atoms with Gasteiger partial charge in [0, 0.05) is 30.6 Å². The van der Waals surface area contributed by atoms with Gasteiger partial charge in [0.2, 0.25) is 10.0 Å². The van der Waals surface area contributed by atoms with Crippen LogP contribution in [0, 0.1) is 6.92 Å². The minimum absolute atomic E-state index is 0.0975. The number of nitrogens with one attached hydrogen (secondary N) is 1. The van der Waals surface area contributed by atoms with Gasteiger partial charge in [0.15, 0.2) is 11.4 Å². The highest BCUT2D eigenvalue weighted by molar-refractivity contribution is 7.89. The molecule has 1 aromatic carbocycles. The van der Waals surface area contributed by atoms with Gasteiger partial charge in [0.25, 0.3) is 0 Å². The number of carbonyl (C=O) groups is 1. The smallest absolute Gasteiger partial charge is 0.240 e. The standard InChI is InChI=1S/C18H20N4O3S/c1-13-9-18-19-11-15(12-22(18)21-13)5-4-8-20-26(24,25)17-7-3-6-16(10-17)14(2)23/h3,6-7,9-12,20H,4-5,8H2,1-2H3. The first-order chi connectivity index (χ1) is 12.3. The van der Waals surface area contributed by atoms with Crippen LogP contribution in [0.3, 0.4) is 0 Å². The van der Waals surface area contributed by atoms with Crippen LogP contribution in [0.4, 0.5) is 0 Å². The Labute approximate surface area is 152 Å². The van der Waals surface area contributed by atoms with Crippen LogP contribution < -0.4 is 4.72 Å². The van der Waals surface area contributed by atoms with Crippen molar-refractivity contribution in [2.45, 2.75) is 31.6 Å². The van der Waals surface area contributed by atoms with E-state index in [0.717, 1.165) is 16.9 Å². The van der Waals surface area contributed by atoms with E-state index in [0.29, 0.717) is 24.9 Å². The molecule has 0 saturated heterocycles. The second-order valence-electron chi connectivity index (χ2n) is 6.14. The normalized spacial score (nSPS) is 11.8. The van der Waals surface area contributed by atoms with Crippen molar-refractivity contribution in [2.24, 2.45) is 0 Å². The molecule has 2 heterocycles. The summed E-state index contributed by atoms with van der Waals surface area (Å²) in [6.07, 6.45) is 4.98. The van der Waals surface area contributed by atoms with E-state index in [4.69, 9.17) is 0 Å². The number of aromatic nitrogens is 3. The maximum Gasteiger partial charge on any atom is 0.240 e. The van der Waals surface area contributed by atoms with Gasteiger partial charge in [-0.3, -0.25) is 4.79 Å². The van der Waals surface area contributed by atoms with E-state index < -0.39 is 10.0 Å². The minimum Gasteiger partial charge on any atom is -0.295 e. The van der Waals surface area contributed by atoms with Gasteiger partial charge >= 0.3 is 0 Å². The van der Waals surface area contributed by atoms with Gasteiger partial charge in [0.05, 0.1) is 10.6 Å². The number of ketones is 1. The Balaban J connectivity index is 1.59. The first kappa shape index (κ1) is 18.2. The average molecular weight is 372 g/mol. The molecular formula is C18H20N4O3S. The number of fused-ring (bicyclic) bond motifs is 1. The largest absolute Gasteiger partial charge is 0.295 e. The third kappa shape index (κ3) is 4.14. The molecule has 0 radical (unpaired) electrons. The maximum atomic E-state index is 12.3. The number of hydrogen-bond acceptors (Lipinski definition) is 5. The lowest BCUT2D eigenvalue weighted by atomic mass is 10.2. The highest BCUT2D eigenvalue weighted by Gasteiger charge is 2.14. The van der Waals surface area contributed by atoms with Crippen LogP contribution in [0.2, 0.25) is 0 Å². The van der Waals surface area contributed by atoms with Gasteiger partial charge in [-0.15, -0.1) is 0 Å². The zero-order chi connectivity index (χ0) is 18.7. The SMILES string of the molecule is CC(=O)c1cccc(S(=O)(=O)NCCCc2cnc3cc(C)nn3c2)c1. The monoisotopic (exact) mass is 372 g/mol. The van der Waals surface area contributed by atoms with Crippen molar-refractivity contribution in [2.75, 3.05) is 6.54 Å². The van der Waals surface area contributed by atoms with E-state index in [-0.39, 0.29) is 10.7 Å². The molecule has 0 atom stereocenters. The van der Waals surface area contributed by atoms with Gasteiger partial charge < -0.3 is 0 Å². The molecule has 0 unspecified atom stereocenters. The predicted octanol–water partition coefficient (Wildman–Crippen LogP) is 2.15.